The van der Waals surface area contributed by atoms with Crippen LogP contribution in [0.25, 0.3) is 16.5 Å². The molecular formula is C20H26N4O2. The number of carbonyl (C=O) groups excluding carboxylic acids is 1. The maximum absolute atomic E-state index is 12.0. The van der Waals surface area contributed by atoms with Crippen LogP contribution in [0, 0.1) is 0 Å². The average molecular weight is 354 g/mol. The number of pyridine rings is 1. The summed E-state index contributed by atoms with van der Waals surface area (Å²) in [5.74, 6) is 0.440. The molecule has 4 N–H and O–H groups in total. The molecule has 0 atom stereocenters. The Bertz CT molecular complexity index is 871. The summed E-state index contributed by atoms with van der Waals surface area (Å²) in [4.78, 5) is 18.3. The van der Waals surface area contributed by atoms with E-state index in [9.17, 15) is 4.79 Å². The molecule has 0 radical (unpaired) electrons. The van der Waals surface area contributed by atoms with Gasteiger partial charge < -0.3 is 21.1 Å². The van der Waals surface area contributed by atoms with Crippen molar-refractivity contribution in [2.24, 2.45) is 11.5 Å². The van der Waals surface area contributed by atoms with E-state index >= 15 is 0 Å². The molecule has 6 heteroatoms. The first-order chi connectivity index (χ1) is 12.3. The molecule has 1 heterocycles. The number of fused-ring (bicyclic) bond motifs is 1. The Hall–Kier alpha value is -3.02. The minimum absolute atomic E-state index is 0.115. The third kappa shape index (κ3) is 3.96. The fraction of sp³-hybridized carbons (Fsp3) is 0.300. The molecule has 1 aromatic carbocycles. The molecule has 2 rings (SSSR count). The molecule has 0 aliphatic carbocycles. The summed E-state index contributed by atoms with van der Waals surface area (Å²) in [5.41, 5.74) is 13.9. The van der Waals surface area contributed by atoms with Crippen molar-refractivity contribution in [2.45, 2.75) is 26.8 Å². The highest BCUT2D eigenvalue weighted by molar-refractivity contribution is 6.08. The molecule has 1 amide bonds. The van der Waals surface area contributed by atoms with Gasteiger partial charge in [0.1, 0.15) is 11.6 Å². The Labute approximate surface area is 154 Å². The number of amides is 1. The van der Waals surface area contributed by atoms with E-state index in [-0.39, 0.29) is 11.6 Å². The van der Waals surface area contributed by atoms with Crippen molar-refractivity contribution in [3.05, 3.63) is 54.0 Å². The zero-order chi connectivity index (χ0) is 19.4. The van der Waals surface area contributed by atoms with E-state index in [4.69, 9.17) is 16.2 Å². The third-order valence-electron chi connectivity index (χ3n) is 4.27. The number of primary amides is 1. The molecule has 138 valence electrons. The van der Waals surface area contributed by atoms with Crippen LogP contribution in [-0.2, 0) is 4.79 Å². The number of ether oxygens (including phenoxy) is 1. The molecule has 0 saturated carbocycles. The first kappa shape index (κ1) is 19.3. The van der Waals surface area contributed by atoms with Gasteiger partial charge in [0, 0.05) is 36.3 Å². The minimum Gasteiger partial charge on any atom is -0.494 e. The second-order valence-electron chi connectivity index (χ2n) is 6.32. The SMILES string of the molecule is C=C(/C(C(N)=O)=C(/N)N(C)C(C)C)c1cnc2cc(OCC)ccc2c1. The van der Waals surface area contributed by atoms with E-state index in [1.807, 2.05) is 52.1 Å². The van der Waals surface area contributed by atoms with Gasteiger partial charge in [-0.2, -0.15) is 0 Å². The Morgan fingerprint density at radius 2 is 2.00 bits per heavy atom. The molecule has 2 aromatic rings. The molecule has 6 nitrogen and oxygen atoms in total. The van der Waals surface area contributed by atoms with Gasteiger partial charge in [0.15, 0.2) is 0 Å². The van der Waals surface area contributed by atoms with Gasteiger partial charge in [-0.1, -0.05) is 6.58 Å². The summed E-state index contributed by atoms with van der Waals surface area (Å²) in [6, 6.07) is 7.69. The van der Waals surface area contributed by atoms with Gasteiger partial charge >= 0.3 is 0 Å². The van der Waals surface area contributed by atoms with Gasteiger partial charge in [-0.05, 0) is 44.5 Å². The number of carbonyl (C=O) groups is 1. The van der Waals surface area contributed by atoms with Crippen molar-refractivity contribution in [1.82, 2.24) is 9.88 Å². The highest BCUT2D eigenvalue weighted by Gasteiger charge is 2.20. The number of nitrogens with two attached hydrogens (primary N) is 2. The number of nitrogens with zero attached hydrogens (tertiary/aromatic N) is 2. The zero-order valence-electron chi connectivity index (χ0n) is 15.7. The Morgan fingerprint density at radius 1 is 1.31 bits per heavy atom. The number of aromatic nitrogens is 1. The van der Waals surface area contributed by atoms with Crippen LogP contribution in [0.3, 0.4) is 0 Å². The predicted molar refractivity (Wildman–Crippen MR) is 105 cm³/mol. The fourth-order valence-corrected chi connectivity index (χ4v) is 2.55. The Balaban J connectivity index is 2.48. The van der Waals surface area contributed by atoms with Crippen LogP contribution in [0.5, 0.6) is 5.75 Å². The molecule has 0 unspecified atom stereocenters. The third-order valence-corrected chi connectivity index (χ3v) is 4.27. The molecule has 0 fully saturated rings. The van der Waals surface area contributed by atoms with E-state index in [2.05, 4.69) is 11.6 Å². The second-order valence-corrected chi connectivity index (χ2v) is 6.32. The maximum atomic E-state index is 12.0. The van der Waals surface area contributed by atoms with Crippen molar-refractivity contribution in [1.29, 1.82) is 0 Å². The van der Waals surface area contributed by atoms with Crippen LogP contribution in [0.4, 0.5) is 0 Å². The minimum atomic E-state index is -0.619. The molecule has 26 heavy (non-hydrogen) atoms. The van der Waals surface area contributed by atoms with E-state index in [1.165, 1.54) is 0 Å². The normalized spacial score (nSPS) is 12.0. The molecule has 1 aromatic heterocycles. The van der Waals surface area contributed by atoms with Crippen LogP contribution in [0.2, 0.25) is 0 Å². The summed E-state index contributed by atoms with van der Waals surface area (Å²) >= 11 is 0. The Kier molecular flexibility index (Phi) is 5.87. The van der Waals surface area contributed by atoms with Gasteiger partial charge in [-0.15, -0.1) is 0 Å². The van der Waals surface area contributed by atoms with E-state index in [0.29, 0.717) is 23.6 Å². The van der Waals surface area contributed by atoms with Gasteiger partial charge in [-0.25, -0.2) is 0 Å². The van der Waals surface area contributed by atoms with E-state index in [0.717, 1.165) is 16.7 Å². The van der Waals surface area contributed by atoms with Crippen LogP contribution in [-0.4, -0.2) is 35.5 Å². The van der Waals surface area contributed by atoms with Gasteiger partial charge in [0.05, 0.1) is 17.7 Å². The zero-order valence-corrected chi connectivity index (χ0v) is 15.7. The van der Waals surface area contributed by atoms with Crippen LogP contribution in [0.15, 0.2) is 48.4 Å². The summed E-state index contributed by atoms with van der Waals surface area (Å²) < 4.78 is 5.49. The maximum Gasteiger partial charge on any atom is 0.252 e. The second kappa shape index (κ2) is 7.91. The molecule has 0 aliphatic heterocycles. The van der Waals surface area contributed by atoms with Crippen molar-refractivity contribution in [3.8, 4) is 5.75 Å². The molecule has 0 bridgehead atoms. The van der Waals surface area contributed by atoms with Gasteiger partial charge in [0.25, 0.3) is 5.91 Å². The molecule has 0 saturated heterocycles. The lowest BCUT2D eigenvalue weighted by Crippen LogP contribution is -2.34. The van der Waals surface area contributed by atoms with Crippen molar-refractivity contribution < 1.29 is 9.53 Å². The predicted octanol–water partition coefficient (Wildman–Crippen LogP) is 2.64. The summed E-state index contributed by atoms with van der Waals surface area (Å²) in [7, 11) is 1.81. The van der Waals surface area contributed by atoms with E-state index < -0.39 is 5.91 Å². The standard InChI is InChI=1S/C20H26N4O2/c1-6-26-16-8-7-14-9-15(11-23-17(14)10-16)13(4)18(20(22)25)19(21)24(5)12(2)3/h7-12H,4,6,21H2,1-3,5H3,(H2,22,25)/b19-18+. The van der Waals surface area contributed by atoms with E-state index in [1.54, 1.807) is 11.1 Å². The van der Waals surface area contributed by atoms with Gasteiger partial charge in [0.2, 0.25) is 0 Å². The fourth-order valence-electron chi connectivity index (χ4n) is 2.55. The van der Waals surface area contributed by atoms with Gasteiger partial charge in [-0.3, -0.25) is 9.78 Å². The molecule has 0 aliphatic rings. The van der Waals surface area contributed by atoms with Crippen molar-refractivity contribution in [2.75, 3.05) is 13.7 Å². The number of hydrogen-bond acceptors (Lipinski definition) is 5. The highest BCUT2D eigenvalue weighted by Crippen LogP contribution is 2.27. The summed E-state index contributed by atoms with van der Waals surface area (Å²) in [6.07, 6.45) is 1.66. The quantitative estimate of drug-likeness (QED) is 0.589. The average Bonchev–Trinajstić information content (AvgIpc) is 2.60. The number of benzene rings is 1. The summed E-state index contributed by atoms with van der Waals surface area (Å²) in [5, 5.41) is 0.909. The van der Waals surface area contributed by atoms with Crippen molar-refractivity contribution in [3.63, 3.8) is 0 Å². The lowest BCUT2D eigenvalue weighted by atomic mass is 9.98. The highest BCUT2D eigenvalue weighted by atomic mass is 16.5. The summed E-state index contributed by atoms with van der Waals surface area (Å²) in [6.45, 7) is 10.5. The number of rotatable bonds is 7. The monoisotopic (exact) mass is 354 g/mol. The first-order valence-corrected chi connectivity index (χ1v) is 8.50. The van der Waals surface area contributed by atoms with Crippen molar-refractivity contribution >= 4 is 22.4 Å². The molecular weight excluding hydrogens is 328 g/mol. The largest absolute Gasteiger partial charge is 0.494 e. The topological polar surface area (TPSA) is 94.5 Å². The molecule has 0 spiro atoms. The lowest BCUT2D eigenvalue weighted by Gasteiger charge is -2.26. The van der Waals surface area contributed by atoms with Crippen LogP contribution in [0.1, 0.15) is 26.3 Å². The first-order valence-electron chi connectivity index (χ1n) is 8.50. The van der Waals surface area contributed by atoms with Crippen LogP contribution < -0.4 is 16.2 Å². The van der Waals surface area contributed by atoms with Crippen LogP contribution >= 0.6 is 0 Å². The number of hydrogen-bond donors (Lipinski definition) is 2. The Morgan fingerprint density at radius 3 is 2.58 bits per heavy atom. The lowest BCUT2D eigenvalue weighted by molar-refractivity contribution is -0.114. The smallest absolute Gasteiger partial charge is 0.252 e.